The lowest BCUT2D eigenvalue weighted by Gasteiger charge is -2.24. The fourth-order valence-electron chi connectivity index (χ4n) is 3.30. The maximum atomic E-state index is 12.0. The second-order valence-corrected chi connectivity index (χ2v) is 5.39. The van der Waals surface area contributed by atoms with Crippen LogP contribution in [0.25, 0.3) is 0 Å². The first-order valence-corrected chi connectivity index (χ1v) is 6.76. The van der Waals surface area contributed by atoms with Crippen LogP contribution in [0.15, 0.2) is 29.4 Å². The summed E-state index contributed by atoms with van der Waals surface area (Å²) in [6.07, 6.45) is 3.13. The Morgan fingerprint density at radius 2 is 2.10 bits per heavy atom. The van der Waals surface area contributed by atoms with Crippen LogP contribution >= 0.6 is 0 Å². The zero-order chi connectivity index (χ0) is 14.1. The molecule has 6 nitrogen and oxygen atoms in total. The van der Waals surface area contributed by atoms with Crippen molar-refractivity contribution in [2.24, 2.45) is 17.0 Å². The number of carbonyl (C=O) groups excluding carboxylic acids is 1. The normalized spacial score (nSPS) is 29.8. The monoisotopic (exact) mass is 275 g/mol. The molecule has 2 bridgehead atoms. The molecule has 1 amide bonds. The molecule has 3 unspecified atom stereocenters. The molecule has 0 heterocycles. The summed E-state index contributed by atoms with van der Waals surface area (Å²) in [4.78, 5) is 12.0. The number of hydrogen-bond donors (Lipinski definition) is 4. The van der Waals surface area contributed by atoms with Crippen LogP contribution in [-0.2, 0) is 0 Å². The number of nitrogens with zero attached hydrogens (tertiary/aromatic N) is 1. The first-order chi connectivity index (χ1) is 9.70. The lowest BCUT2D eigenvalue weighted by Crippen LogP contribution is -2.50. The topological polar surface area (TPSA) is 94.0 Å². The molecule has 1 aromatic rings. The highest BCUT2D eigenvalue weighted by atomic mass is 16.4. The Balaban J connectivity index is 1.65. The average molecular weight is 275 g/mol. The van der Waals surface area contributed by atoms with Crippen molar-refractivity contribution in [3.63, 3.8) is 0 Å². The zero-order valence-corrected chi connectivity index (χ0v) is 10.9. The smallest absolute Gasteiger partial charge is 0.269 e. The molecule has 6 heteroatoms. The molecule has 106 valence electrons. The van der Waals surface area contributed by atoms with E-state index in [4.69, 9.17) is 5.21 Å². The van der Waals surface area contributed by atoms with E-state index in [2.05, 4.69) is 16.0 Å². The van der Waals surface area contributed by atoms with Crippen LogP contribution < -0.4 is 10.9 Å². The Hall–Kier alpha value is -2.08. The van der Waals surface area contributed by atoms with E-state index in [1.165, 1.54) is 6.07 Å². The van der Waals surface area contributed by atoms with E-state index < -0.39 is 5.91 Å². The Morgan fingerprint density at radius 3 is 2.85 bits per heavy atom. The van der Waals surface area contributed by atoms with E-state index in [0.29, 0.717) is 11.8 Å². The fraction of sp³-hybridized carbons (Fsp3) is 0.429. The van der Waals surface area contributed by atoms with Gasteiger partial charge < -0.3 is 10.3 Å². The molecular weight excluding hydrogens is 258 g/mol. The molecule has 2 saturated carbocycles. The first kappa shape index (κ1) is 12.9. The SMILES string of the molecule is O=C(NNC1/C(=N\O)C2CCC1C2)c1ccccc1O. The standard InChI is InChI=1S/C14H17N3O3/c18-11-4-2-1-3-10(11)14(19)16-15-12-8-5-6-9(7-8)13(12)17-20/h1-4,8-9,12,15,18,20H,5-7H2,(H,16,19)/b17-13-. The third-order valence-corrected chi connectivity index (χ3v) is 4.29. The van der Waals surface area contributed by atoms with Crippen molar-refractivity contribution >= 4 is 11.6 Å². The number of fused-ring (bicyclic) bond motifs is 2. The van der Waals surface area contributed by atoms with E-state index >= 15 is 0 Å². The largest absolute Gasteiger partial charge is 0.507 e. The minimum atomic E-state index is -0.400. The maximum Gasteiger partial charge on any atom is 0.269 e. The van der Waals surface area contributed by atoms with E-state index in [9.17, 15) is 9.90 Å². The molecule has 3 atom stereocenters. The Labute approximate surface area is 116 Å². The minimum Gasteiger partial charge on any atom is -0.507 e. The van der Waals surface area contributed by atoms with Crippen LogP contribution in [0.5, 0.6) is 5.75 Å². The van der Waals surface area contributed by atoms with Crippen molar-refractivity contribution in [1.82, 2.24) is 10.9 Å². The summed E-state index contributed by atoms with van der Waals surface area (Å²) in [7, 11) is 0. The van der Waals surface area contributed by atoms with Crippen LogP contribution in [0.4, 0.5) is 0 Å². The van der Waals surface area contributed by atoms with E-state index in [1.807, 2.05) is 0 Å². The van der Waals surface area contributed by atoms with Crippen molar-refractivity contribution in [2.45, 2.75) is 25.3 Å². The van der Waals surface area contributed by atoms with Gasteiger partial charge >= 0.3 is 0 Å². The molecular formula is C14H17N3O3. The van der Waals surface area contributed by atoms with Gasteiger partial charge in [0.1, 0.15) is 5.75 Å². The van der Waals surface area contributed by atoms with Crippen molar-refractivity contribution in [3.8, 4) is 5.75 Å². The summed E-state index contributed by atoms with van der Waals surface area (Å²) < 4.78 is 0. The molecule has 2 aliphatic carbocycles. The maximum absolute atomic E-state index is 12.0. The molecule has 0 saturated heterocycles. The minimum absolute atomic E-state index is 0.0595. The van der Waals surface area contributed by atoms with E-state index in [0.717, 1.165) is 25.0 Å². The van der Waals surface area contributed by atoms with Crippen LogP contribution in [0.3, 0.4) is 0 Å². The van der Waals surface area contributed by atoms with Gasteiger partial charge in [0, 0.05) is 5.92 Å². The van der Waals surface area contributed by atoms with Gasteiger partial charge in [0.2, 0.25) is 0 Å². The summed E-state index contributed by atoms with van der Waals surface area (Å²) in [5.74, 6) is 0.263. The number of para-hydroxylation sites is 1. The highest BCUT2D eigenvalue weighted by molar-refractivity contribution is 5.98. The average Bonchev–Trinajstić information content (AvgIpc) is 3.05. The molecule has 3 rings (SSSR count). The molecule has 1 aromatic carbocycles. The van der Waals surface area contributed by atoms with Gasteiger partial charge in [-0.3, -0.25) is 10.2 Å². The van der Waals surface area contributed by atoms with Gasteiger partial charge in [-0.15, -0.1) is 0 Å². The number of aromatic hydroxyl groups is 1. The van der Waals surface area contributed by atoms with Gasteiger partial charge in [-0.1, -0.05) is 17.3 Å². The predicted octanol–water partition coefficient (Wildman–Crippen LogP) is 1.26. The lowest BCUT2D eigenvalue weighted by molar-refractivity contribution is 0.0923. The van der Waals surface area contributed by atoms with Gasteiger partial charge in [-0.25, -0.2) is 5.43 Å². The summed E-state index contributed by atoms with van der Waals surface area (Å²) in [6.45, 7) is 0. The molecule has 0 aliphatic heterocycles. The first-order valence-electron chi connectivity index (χ1n) is 6.76. The number of hydrogen-bond acceptors (Lipinski definition) is 5. The highest BCUT2D eigenvalue weighted by Gasteiger charge is 2.45. The third kappa shape index (κ3) is 2.12. The Kier molecular flexibility index (Phi) is 3.31. The predicted molar refractivity (Wildman–Crippen MR) is 72.5 cm³/mol. The number of phenols is 1. The van der Waals surface area contributed by atoms with E-state index in [-0.39, 0.29) is 17.4 Å². The number of carbonyl (C=O) groups is 1. The van der Waals surface area contributed by atoms with Crippen molar-refractivity contribution in [2.75, 3.05) is 0 Å². The molecule has 20 heavy (non-hydrogen) atoms. The summed E-state index contributed by atoms with van der Waals surface area (Å²) in [5.41, 5.74) is 6.46. The summed E-state index contributed by atoms with van der Waals surface area (Å²) in [6, 6.07) is 6.24. The Morgan fingerprint density at radius 1 is 1.30 bits per heavy atom. The van der Waals surface area contributed by atoms with Gasteiger partial charge in [-0.05, 0) is 37.3 Å². The van der Waals surface area contributed by atoms with Crippen LogP contribution in [0.1, 0.15) is 29.6 Å². The Bertz CT molecular complexity index is 558. The zero-order valence-electron chi connectivity index (χ0n) is 10.9. The summed E-state index contributed by atoms with van der Waals surface area (Å²) in [5, 5.41) is 22.1. The van der Waals surface area contributed by atoms with Gasteiger partial charge in [0.25, 0.3) is 5.91 Å². The number of amides is 1. The number of rotatable bonds is 3. The lowest BCUT2D eigenvalue weighted by atomic mass is 9.94. The molecule has 0 radical (unpaired) electrons. The molecule has 2 aliphatic rings. The number of benzene rings is 1. The molecule has 2 fully saturated rings. The van der Waals surface area contributed by atoms with Crippen molar-refractivity contribution in [3.05, 3.63) is 29.8 Å². The second-order valence-electron chi connectivity index (χ2n) is 5.39. The van der Waals surface area contributed by atoms with E-state index in [1.54, 1.807) is 18.2 Å². The van der Waals surface area contributed by atoms with Crippen LogP contribution in [-0.4, -0.2) is 28.0 Å². The number of oxime groups is 1. The quantitative estimate of drug-likeness (QED) is 0.493. The van der Waals surface area contributed by atoms with Gasteiger partial charge in [-0.2, -0.15) is 0 Å². The van der Waals surface area contributed by atoms with Crippen LogP contribution in [0, 0.1) is 11.8 Å². The highest BCUT2D eigenvalue weighted by Crippen LogP contribution is 2.42. The fourth-order valence-corrected chi connectivity index (χ4v) is 3.30. The third-order valence-electron chi connectivity index (χ3n) is 4.29. The number of phenolic OH excluding ortho intramolecular Hbond substituents is 1. The van der Waals surface area contributed by atoms with Gasteiger partial charge in [0.15, 0.2) is 0 Å². The molecule has 4 N–H and O–H groups in total. The molecule has 0 aromatic heterocycles. The molecule has 0 spiro atoms. The van der Waals surface area contributed by atoms with Crippen molar-refractivity contribution < 1.29 is 15.1 Å². The summed E-state index contributed by atoms with van der Waals surface area (Å²) >= 11 is 0. The van der Waals surface area contributed by atoms with Crippen LogP contribution in [0.2, 0.25) is 0 Å². The van der Waals surface area contributed by atoms with Crippen molar-refractivity contribution in [1.29, 1.82) is 0 Å². The number of hydrazine groups is 1. The van der Waals surface area contributed by atoms with Gasteiger partial charge in [0.05, 0.1) is 17.3 Å². The number of nitrogens with one attached hydrogen (secondary N) is 2. The second kappa shape index (κ2) is 5.13.